The molecule has 134 valence electrons. The zero-order valence-electron chi connectivity index (χ0n) is 15.4. The third-order valence-corrected chi connectivity index (χ3v) is 2.82. The summed E-state index contributed by atoms with van der Waals surface area (Å²) < 4.78 is 19.3. The monoisotopic (exact) mass is 329 g/mol. The van der Waals surface area contributed by atoms with Gasteiger partial charge in [-0.1, -0.05) is 19.4 Å². The summed E-state index contributed by atoms with van der Waals surface area (Å²) in [6, 6.07) is 0. The van der Waals surface area contributed by atoms with Crippen molar-refractivity contribution in [2.45, 2.75) is 54.6 Å². The van der Waals surface area contributed by atoms with Crippen molar-refractivity contribution < 1.29 is 13.9 Å². The molecular weight excluding hydrogens is 297 g/mol. The maximum atomic E-state index is 13.7. The van der Waals surface area contributed by atoms with Gasteiger partial charge in [0.25, 0.3) is 0 Å². The minimum atomic E-state index is -0.590. The van der Waals surface area contributed by atoms with E-state index in [0.29, 0.717) is 16.8 Å². The zero-order chi connectivity index (χ0) is 18.6. The van der Waals surface area contributed by atoms with Gasteiger partial charge in [-0.05, 0) is 46.3 Å². The number of hydrogen-bond acceptors (Lipinski definition) is 4. The topological polar surface area (TPSA) is 90.4 Å². The molecule has 0 aromatic heterocycles. The highest BCUT2D eigenvalue weighted by Gasteiger charge is 2.18. The van der Waals surface area contributed by atoms with Crippen LogP contribution in [0.2, 0.25) is 0 Å². The fourth-order valence-corrected chi connectivity index (χ4v) is 1.72. The number of nitrogens with one attached hydrogen (secondary N) is 1. The number of allylic oxidation sites excluding steroid dienone is 4. The van der Waals surface area contributed by atoms with E-state index < -0.39 is 12.0 Å². The smallest absolute Gasteiger partial charge is 0.248 e. The van der Waals surface area contributed by atoms with Crippen LogP contribution in [0.1, 0.15) is 48.5 Å². The van der Waals surface area contributed by atoms with E-state index in [1.165, 1.54) is 6.08 Å². The average molecular weight is 329 g/mol. The summed E-state index contributed by atoms with van der Waals surface area (Å²) in [7, 11) is 0. The normalized spacial score (nSPS) is 13.8. The zero-order valence-corrected chi connectivity index (χ0v) is 15.4. The van der Waals surface area contributed by atoms with Crippen LogP contribution in [0, 0.1) is 0 Å². The Kier molecular flexibility index (Phi) is 13.2. The van der Waals surface area contributed by atoms with Crippen molar-refractivity contribution in [2.24, 2.45) is 11.5 Å². The van der Waals surface area contributed by atoms with Gasteiger partial charge in [0.15, 0.2) is 0 Å². The Balaban J connectivity index is 0. The van der Waals surface area contributed by atoms with Crippen molar-refractivity contribution in [1.29, 1.82) is 0 Å². The molecule has 23 heavy (non-hydrogen) atoms. The van der Waals surface area contributed by atoms with Crippen LogP contribution in [0.25, 0.3) is 0 Å². The molecule has 6 heteroatoms. The fraction of sp³-hybridized carbons (Fsp3) is 0.588. The minimum absolute atomic E-state index is 0.0729. The summed E-state index contributed by atoms with van der Waals surface area (Å²) in [5.74, 6) is -0.920. The predicted octanol–water partition coefficient (Wildman–Crippen LogP) is 2.89. The van der Waals surface area contributed by atoms with E-state index in [4.69, 9.17) is 16.2 Å². The van der Waals surface area contributed by atoms with E-state index in [-0.39, 0.29) is 19.1 Å². The highest BCUT2D eigenvalue weighted by Crippen LogP contribution is 2.15. The van der Waals surface area contributed by atoms with Gasteiger partial charge in [-0.3, -0.25) is 4.79 Å². The van der Waals surface area contributed by atoms with Crippen molar-refractivity contribution in [3.63, 3.8) is 0 Å². The van der Waals surface area contributed by atoms with Crippen LogP contribution in [0.15, 0.2) is 34.3 Å². The Morgan fingerprint density at radius 2 is 1.78 bits per heavy atom. The van der Waals surface area contributed by atoms with E-state index >= 15 is 0 Å². The molecular formula is C17H32FN3O2. The first-order chi connectivity index (χ1) is 10.7. The molecule has 0 aliphatic rings. The molecule has 0 saturated heterocycles. The summed E-state index contributed by atoms with van der Waals surface area (Å²) in [5.41, 5.74) is 12.9. The lowest BCUT2D eigenvalue weighted by Gasteiger charge is -2.18. The molecule has 0 saturated carbocycles. The van der Waals surface area contributed by atoms with Crippen LogP contribution in [0.3, 0.4) is 0 Å². The Morgan fingerprint density at radius 1 is 1.26 bits per heavy atom. The van der Waals surface area contributed by atoms with Gasteiger partial charge in [-0.25, -0.2) is 4.39 Å². The van der Waals surface area contributed by atoms with Crippen molar-refractivity contribution in [3.05, 3.63) is 34.3 Å². The van der Waals surface area contributed by atoms with Crippen LogP contribution in [-0.2, 0) is 9.53 Å². The molecule has 0 aliphatic carbocycles. The third kappa shape index (κ3) is 9.86. The third-order valence-electron chi connectivity index (χ3n) is 2.82. The Bertz CT molecular complexity index is 464. The fourth-order valence-electron chi connectivity index (χ4n) is 1.72. The molecule has 0 aliphatic heterocycles. The highest BCUT2D eigenvalue weighted by molar-refractivity contribution is 5.93. The molecule has 0 spiro atoms. The van der Waals surface area contributed by atoms with Gasteiger partial charge in [0.1, 0.15) is 5.83 Å². The lowest BCUT2D eigenvalue weighted by Crippen LogP contribution is -2.31. The Hall–Kier alpha value is -1.66. The average Bonchev–Trinajstić information content (AvgIpc) is 2.46. The standard InChI is InChI=1S/C15H26FN3O2.C2H6/c1-9(2)6-13(16)10(3)7-21-12(5)14(15(18)20)11(4)19-8-17;1-2/h6,12,19H,7-8,17H2,1-5H3,(H2,18,20);1-2H3/b13-10-,14-11-;. The van der Waals surface area contributed by atoms with E-state index in [1.807, 2.05) is 27.7 Å². The molecule has 0 fully saturated rings. The molecule has 0 bridgehead atoms. The van der Waals surface area contributed by atoms with Gasteiger partial charge in [0.2, 0.25) is 5.91 Å². The molecule has 5 nitrogen and oxygen atoms in total. The SMILES string of the molecule is CC.CC(C)=C/C(F)=C(\C)COC(C)/C(C(N)=O)=C(\C)NCN. The molecule has 0 heterocycles. The van der Waals surface area contributed by atoms with Crippen LogP contribution in [-0.4, -0.2) is 25.3 Å². The summed E-state index contributed by atoms with van der Waals surface area (Å²) in [4.78, 5) is 11.5. The van der Waals surface area contributed by atoms with Crippen molar-refractivity contribution in [1.82, 2.24) is 5.32 Å². The Morgan fingerprint density at radius 3 is 2.17 bits per heavy atom. The molecule has 1 unspecified atom stereocenters. The largest absolute Gasteiger partial charge is 0.376 e. The number of rotatable bonds is 8. The number of amides is 1. The van der Waals surface area contributed by atoms with Crippen LogP contribution in [0.4, 0.5) is 4.39 Å². The van der Waals surface area contributed by atoms with Gasteiger partial charge in [-0.2, -0.15) is 0 Å². The first-order valence-corrected chi connectivity index (χ1v) is 7.76. The summed E-state index contributed by atoms with van der Waals surface area (Å²) in [5, 5.41) is 2.83. The number of halogens is 1. The molecule has 5 N–H and O–H groups in total. The number of hydrogen-bond donors (Lipinski definition) is 3. The summed E-state index contributed by atoms with van der Waals surface area (Å²) in [6.45, 7) is 12.9. The quantitative estimate of drug-likeness (QED) is 0.363. The molecule has 0 radical (unpaired) electrons. The van der Waals surface area contributed by atoms with Gasteiger partial charge >= 0.3 is 0 Å². The predicted molar refractivity (Wildman–Crippen MR) is 94.1 cm³/mol. The van der Waals surface area contributed by atoms with E-state index in [9.17, 15) is 9.18 Å². The van der Waals surface area contributed by atoms with Crippen LogP contribution >= 0.6 is 0 Å². The van der Waals surface area contributed by atoms with Gasteiger partial charge in [0, 0.05) is 5.70 Å². The van der Waals surface area contributed by atoms with E-state index in [1.54, 1.807) is 20.8 Å². The van der Waals surface area contributed by atoms with Crippen LogP contribution < -0.4 is 16.8 Å². The molecule has 1 atom stereocenters. The molecule has 1 amide bonds. The maximum absolute atomic E-state index is 13.7. The minimum Gasteiger partial charge on any atom is -0.376 e. The van der Waals surface area contributed by atoms with Gasteiger partial charge in [0.05, 0.1) is 25.0 Å². The first kappa shape index (κ1) is 23.6. The van der Waals surface area contributed by atoms with Gasteiger partial charge in [-0.15, -0.1) is 0 Å². The maximum Gasteiger partial charge on any atom is 0.248 e. The van der Waals surface area contributed by atoms with Crippen molar-refractivity contribution >= 4 is 5.91 Å². The number of carbonyl (C=O) groups is 1. The number of carbonyl (C=O) groups excluding carboxylic acids is 1. The summed E-state index contributed by atoms with van der Waals surface area (Å²) >= 11 is 0. The molecule has 0 aromatic carbocycles. The van der Waals surface area contributed by atoms with Crippen LogP contribution in [0.5, 0.6) is 0 Å². The lowest BCUT2D eigenvalue weighted by atomic mass is 10.1. The van der Waals surface area contributed by atoms with Gasteiger partial charge < -0.3 is 21.5 Å². The second-order valence-corrected chi connectivity index (χ2v) is 5.09. The second-order valence-electron chi connectivity index (χ2n) is 5.09. The first-order valence-electron chi connectivity index (χ1n) is 7.76. The number of ether oxygens (including phenoxy) is 1. The molecule has 0 rings (SSSR count). The Labute approximate surface area is 139 Å². The van der Waals surface area contributed by atoms with Crippen molar-refractivity contribution in [2.75, 3.05) is 13.3 Å². The molecule has 0 aromatic rings. The highest BCUT2D eigenvalue weighted by atomic mass is 19.1. The summed E-state index contributed by atoms with van der Waals surface area (Å²) in [6.07, 6.45) is 0.881. The second kappa shape index (κ2) is 12.8. The lowest BCUT2D eigenvalue weighted by molar-refractivity contribution is -0.115. The number of primary amides is 1. The number of nitrogens with two attached hydrogens (primary N) is 2. The van der Waals surface area contributed by atoms with Crippen molar-refractivity contribution in [3.8, 4) is 0 Å². The van der Waals surface area contributed by atoms with E-state index in [0.717, 1.165) is 5.57 Å². The van der Waals surface area contributed by atoms with E-state index in [2.05, 4.69) is 5.32 Å².